The minimum absolute atomic E-state index is 0.143. The molecule has 1 saturated carbocycles. The fraction of sp³-hybridized carbons (Fsp3) is 0.941. The highest BCUT2D eigenvalue weighted by molar-refractivity contribution is 5.71. The Hall–Kier alpha value is -0.570. The van der Waals surface area contributed by atoms with Gasteiger partial charge in [0.15, 0.2) is 0 Å². The molecule has 1 N–H and O–H groups in total. The first kappa shape index (κ1) is 15.8. The Morgan fingerprint density at radius 2 is 2.00 bits per heavy atom. The molecule has 0 bridgehead atoms. The summed E-state index contributed by atoms with van der Waals surface area (Å²) in [6, 6.07) is 0.812. The van der Waals surface area contributed by atoms with Crippen LogP contribution in [0.4, 0.5) is 0 Å². The molecule has 0 aromatic heterocycles. The van der Waals surface area contributed by atoms with E-state index in [1.54, 1.807) is 0 Å². The van der Waals surface area contributed by atoms with Gasteiger partial charge in [-0.3, -0.25) is 9.69 Å². The van der Waals surface area contributed by atoms with Crippen molar-refractivity contribution in [2.24, 2.45) is 17.8 Å². The highest BCUT2D eigenvalue weighted by Gasteiger charge is 2.41. The van der Waals surface area contributed by atoms with E-state index >= 15 is 0 Å². The van der Waals surface area contributed by atoms with Crippen LogP contribution in [-0.2, 0) is 4.79 Å². The van der Waals surface area contributed by atoms with Crippen LogP contribution in [0.1, 0.15) is 65.7 Å². The van der Waals surface area contributed by atoms with E-state index in [0.717, 1.165) is 31.7 Å². The fourth-order valence-corrected chi connectivity index (χ4v) is 4.39. The van der Waals surface area contributed by atoms with E-state index in [9.17, 15) is 9.90 Å². The second-order valence-corrected chi connectivity index (χ2v) is 7.08. The molecule has 5 atom stereocenters. The molecule has 3 nitrogen and oxygen atoms in total. The second kappa shape index (κ2) is 6.93. The highest BCUT2D eigenvalue weighted by atomic mass is 16.4. The lowest BCUT2D eigenvalue weighted by Crippen LogP contribution is -2.54. The number of nitrogens with zero attached hydrogens (tertiary/aromatic N) is 1. The first-order chi connectivity index (χ1) is 9.54. The zero-order valence-corrected chi connectivity index (χ0v) is 13.3. The Kier molecular flexibility index (Phi) is 5.48. The number of carboxylic acid groups (broad SMARTS) is 1. The number of hydrogen-bond donors (Lipinski definition) is 1. The van der Waals surface area contributed by atoms with Crippen LogP contribution in [0.5, 0.6) is 0 Å². The third-order valence-electron chi connectivity index (χ3n) is 5.79. The summed E-state index contributed by atoms with van der Waals surface area (Å²) in [6.45, 7) is 7.95. The molecule has 20 heavy (non-hydrogen) atoms. The van der Waals surface area contributed by atoms with Gasteiger partial charge in [0.1, 0.15) is 0 Å². The van der Waals surface area contributed by atoms with Crippen LogP contribution in [-0.4, -0.2) is 34.6 Å². The predicted molar refractivity (Wildman–Crippen MR) is 81.7 cm³/mol. The first-order valence-corrected chi connectivity index (χ1v) is 8.53. The van der Waals surface area contributed by atoms with Gasteiger partial charge < -0.3 is 5.11 Å². The third kappa shape index (κ3) is 3.36. The molecule has 2 fully saturated rings. The molecular weight excluding hydrogens is 250 g/mol. The van der Waals surface area contributed by atoms with Crippen molar-refractivity contribution in [3.8, 4) is 0 Å². The van der Waals surface area contributed by atoms with Crippen molar-refractivity contribution in [1.29, 1.82) is 0 Å². The van der Waals surface area contributed by atoms with Crippen LogP contribution >= 0.6 is 0 Å². The Balaban J connectivity index is 2.11. The maximum absolute atomic E-state index is 11.6. The lowest BCUT2D eigenvalue weighted by molar-refractivity contribution is -0.147. The van der Waals surface area contributed by atoms with E-state index in [1.165, 1.54) is 25.7 Å². The molecule has 5 unspecified atom stereocenters. The number of carbonyl (C=O) groups is 1. The van der Waals surface area contributed by atoms with Crippen molar-refractivity contribution < 1.29 is 9.90 Å². The van der Waals surface area contributed by atoms with Crippen molar-refractivity contribution in [1.82, 2.24) is 4.90 Å². The van der Waals surface area contributed by atoms with Crippen LogP contribution < -0.4 is 0 Å². The van der Waals surface area contributed by atoms with E-state index in [2.05, 4.69) is 25.7 Å². The lowest BCUT2D eigenvalue weighted by atomic mass is 9.74. The second-order valence-electron chi connectivity index (χ2n) is 7.08. The molecule has 1 heterocycles. The largest absolute Gasteiger partial charge is 0.481 e. The Labute approximate surface area is 123 Å². The quantitative estimate of drug-likeness (QED) is 0.852. The summed E-state index contributed by atoms with van der Waals surface area (Å²) < 4.78 is 0. The normalized spacial score (nSPS) is 39.6. The number of rotatable bonds is 4. The number of likely N-dealkylation sites (tertiary alicyclic amines) is 1. The molecule has 1 saturated heterocycles. The topological polar surface area (TPSA) is 40.5 Å². The molecule has 116 valence electrons. The van der Waals surface area contributed by atoms with Crippen LogP contribution in [0, 0.1) is 17.8 Å². The average molecular weight is 281 g/mol. The van der Waals surface area contributed by atoms with Crippen LogP contribution in [0.25, 0.3) is 0 Å². The van der Waals surface area contributed by atoms with Gasteiger partial charge in [-0.15, -0.1) is 0 Å². The summed E-state index contributed by atoms with van der Waals surface area (Å²) in [4.78, 5) is 14.2. The van der Waals surface area contributed by atoms with Crippen molar-refractivity contribution in [2.75, 3.05) is 6.54 Å². The predicted octanol–water partition coefficient (Wildman–Crippen LogP) is 3.78. The summed E-state index contributed by atoms with van der Waals surface area (Å²) in [5.74, 6) is 0.723. The molecule has 2 aliphatic rings. The molecule has 3 heteroatoms. The summed E-state index contributed by atoms with van der Waals surface area (Å²) in [5, 5.41) is 9.58. The fourth-order valence-electron chi connectivity index (χ4n) is 4.39. The maximum Gasteiger partial charge on any atom is 0.308 e. The molecule has 0 spiro atoms. The maximum atomic E-state index is 11.6. The van der Waals surface area contributed by atoms with E-state index in [4.69, 9.17) is 0 Å². The van der Waals surface area contributed by atoms with E-state index in [0.29, 0.717) is 12.0 Å². The Morgan fingerprint density at radius 1 is 1.25 bits per heavy atom. The van der Waals surface area contributed by atoms with Gasteiger partial charge >= 0.3 is 5.97 Å². The zero-order chi connectivity index (χ0) is 14.7. The van der Waals surface area contributed by atoms with Crippen molar-refractivity contribution in [3.05, 3.63) is 0 Å². The van der Waals surface area contributed by atoms with Gasteiger partial charge in [0.25, 0.3) is 0 Å². The van der Waals surface area contributed by atoms with E-state index in [1.807, 2.05) is 0 Å². The summed E-state index contributed by atoms with van der Waals surface area (Å²) >= 11 is 0. The average Bonchev–Trinajstić information content (AvgIpc) is 2.42. The molecule has 2 rings (SSSR count). The van der Waals surface area contributed by atoms with Gasteiger partial charge in [0.05, 0.1) is 5.92 Å². The van der Waals surface area contributed by atoms with Gasteiger partial charge in [0.2, 0.25) is 0 Å². The minimum atomic E-state index is -0.574. The zero-order valence-electron chi connectivity index (χ0n) is 13.3. The monoisotopic (exact) mass is 281 g/mol. The van der Waals surface area contributed by atoms with Crippen LogP contribution in [0.15, 0.2) is 0 Å². The minimum Gasteiger partial charge on any atom is -0.481 e. The molecule has 1 aliphatic heterocycles. The van der Waals surface area contributed by atoms with Crippen molar-refractivity contribution in [3.63, 3.8) is 0 Å². The SMILES string of the molecule is CCCC1CCC(C(=O)O)C(N2CCCC(C)C2C)C1. The third-order valence-corrected chi connectivity index (χ3v) is 5.79. The number of piperidine rings is 1. The van der Waals surface area contributed by atoms with Crippen LogP contribution in [0.2, 0.25) is 0 Å². The first-order valence-electron chi connectivity index (χ1n) is 8.53. The lowest BCUT2D eigenvalue weighted by Gasteiger charge is -2.48. The van der Waals surface area contributed by atoms with Gasteiger partial charge in [-0.2, -0.15) is 0 Å². The number of carboxylic acids is 1. The summed E-state index contributed by atoms with van der Waals surface area (Å²) in [7, 11) is 0. The van der Waals surface area contributed by atoms with Gasteiger partial charge in [-0.25, -0.2) is 0 Å². The van der Waals surface area contributed by atoms with Gasteiger partial charge in [-0.1, -0.05) is 26.7 Å². The molecule has 0 aromatic rings. The standard InChI is InChI=1S/C17H31NO2/c1-4-6-14-8-9-15(17(19)20)16(11-14)18-10-5-7-12(2)13(18)3/h12-16H,4-11H2,1-3H3,(H,19,20). The van der Waals surface area contributed by atoms with Crippen molar-refractivity contribution in [2.45, 2.75) is 77.8 Å². The molecule has 0 amide bonds. The molecule has 0 aromatic carbocycles. The van der Waals surface area contributed by atoms with Gasteiger partial charge in [0, 0.05) is 12.1 Å². The van der Waals surface area contributed by atoms with Gasteiger partial charge in [-0.05, 0) is 57.4 Å². The summed E-state index contributed by atoms with van der Waals surface area (Å²) in [5.41, 5.74) is 0. The summed E-state index contributed by atoms with van der Waals surface area (Å²) in [6.07, 6.45) is 8.10. The Bertz CT molecular complexity index is 331. The van der Waals surface area contributed by atoms with E-state index < -0.39 is 5.97 Å². The van der Waals surface area contributed by atoms with E-state index in [-0.39, 0.29) is 12.0 Å². The highest BCUT2D eigenvalue weighted by Crippen LogP contribution is 2.38. The Morgan fingerprint density at radius 3 is 2.65 bits per heavy atom. The van der Waals surface area contributed by atoms with Crippen molar-refractivity contribution >= 4 is 5.97 Å². The molecule has 0 radical (unpaired) electrons. The molecular formula is C17H31NO2. The van der Waals surface area contributed by atoms with Crippen LogP contribution in [0.3, 0.4) is 0 Å². The number of aliphatic carboxylic acids is 1. The smallest absolute Gasteiger partial charge is 0.308 e. The number of hydrogen-bond acceptors (Lipinski definition) is 2. The molecule has 1 aliphatic carbocycles.